The van der Waals surface area contributed by atoms with Crippen LogP contribution in [0.5, 0.6) is 11.6 Å². The van der Waals surface area contributed by atoms with Gasteiger partial charge in [-0.3, -0.25) is 10.4 Å². The average Bonchev–Trinajstić information content (AvgIpc) is 3.74. The van der Waals surface area contributed by atoms with E-state index in [0.717, 1.165) is 49.6 Å². The molecule has 3 heterocycles. The number of hydrogen-bond donors (Lipinski definition) is 4. The number of rotatable bonds is 8. The first kappa shape index (κ1) is 33.5. The van der Waals surface area contributed by atoms with Gasteiger partial charge in [-0.2, -0.15) is 15.2 Å². The van der Waals surface area contributed by atoms with E-state index in [-0.39, 0.29) is 5.41 Å². The van der Waals surface area contributed by atoms with Crippen molar-refractivity contribution in [1.82, 2.24) is 29.9 Å². The summed E-state index contributed by atoms with van der Waals surface area (Å²) in [6.45, 7) is 11.7. The van der Waals surface area contributed by atoms with Crippen molar-refractivity contribution in [1.29, 1.82) is 0 Å². The third-order valence-corrected chi connectivity index (χ3v) is 9.94. The summed E-state index contributed by atoms with van der Waals surface area (Å²) in [5.41, 5.74) is 4.65. The summed E-state index contributed by atoms with van der Waals surface area (Å²) in [6, 6.07) is 25.8. The lowest BCUT2D eigenvalue weighted by atomic mass is 9.92. The molecule has 0 saturated carbocycles. The molecular formula is C38H38N9O3P. The van der Waals surface area contributed by atoms with E-state index in [0.29, 0.717) is 29.1 Å². The van der Waals surface area contributed by atoms with Crippen molar-refractivity contribution in [2.75, 3.05) is 29.3 Å². The number of hydrogen-bond acceptors (Lipinski definition) is 8. The summed E-state index contributed by atoms with van der Waals surface area (Å²) >= 11 is 0. The second-order valence-corrected chi connectivity index (χ2v) is 17.0. The van der Waals surface area contributed by atoms with E-state index >= 15 is 0 Å². The van der Waals surface area contributed by atoms with Crippen LogP contribution in [0, 0.1) is 6.92 Å². The zero-order valence-corrected chi connectivity index (χ0v) is 30.0. The number of anilines is 4. The highest BCUT2D eigenvalue weighted by Crippen LogP contribution is 2.36. The molecule has 0 fully saturated rings. The number of nitrogens with zero attached hydrogens (tertiary/aromatic N) is 5. The van der Waals surface area contributed by atoms with Gasteiger partial charge >= 0.3 is 6.03 Å². The van der Waals surface area contributed by atoms with Crippen molar-refractivity contribution >= 4 is 63.3 Å². The molecular weight excluding hydrogens is 661 g/mol. The molecule has 12 nitrogen and oxygen atoms in total. The largest absolute Gasteiger partial charge is 0.438 e. The number of carbonyl (C=O) groups excluding carboxylic acids is 1. The van der Waals surface area contributed by atoms with Crippen LogP contribution < -0.4 is 26.0 Å². The van der Waals surface area contributed by atoms with Gasteiger partial charge in [0.15, 0.2) is 0 Å². The van der Waals surface area contributed by atoms with Crippen molar-refractivity contribution in [3.05, 3.63) is 109 Å². The molecule has 0 aliphatic heterocycles. The van der Waals surface area contributed by atoms with Crippen molar-refractivity contribution in [2.24, 2.45) is 0 Å². The first-order chi connectivity index (χ1) is 24.3. The van der Waals surface area contributed by atoms with Crippen molar-refractivity contribution in [2.45, 2.75) is 33.1 Å². The molecule has 0 spiro atoms. The highest BCUT2D eigenvalue weighted by Gasteiger charge is 2.22. The number of benzene rings is 4. The maximum Gasteiger partial charge on any atom is 0.324 e. The second-order valence-electron chi connectivity index (χ2n) is 13.7. The summed E-state index contributed by atoms with van der Waals surface area (Å²) in [4.78, 5) is 22.5. The maximum absolute atomic E-state index is 13.5. The van der Waals surface area contributed by atoms with E-state index in [9.17, 15) is 9.36 Å². The Kier molecular flexibility index (Phi) is 8.56. The number of amides is 2. The second kappa shape index (κ2) is 13.0. The number of fused-ring (bicyclic) bond motifs is 2. The molecule has 2 amide bonds. The lowest BCUT2D eigenvalue weighted by molar-refractivity contribution is 0.262. The van der Waals surface area contributed by atoms with Gasteiger partial charge in [0.05, 0.1) is 22.6 Å². The van der Waals surface area contributed by atoms with E-state index < -0.39 is 13.2 Å². The number of H-pyrrole nitrogens is 1. The molecule has 4 N–H and O–H groups in total. The minimum absolute atomic E-state index is 0.263. The molecule has 51 heavy (non-hydrogen) atoms. The predicted molar refractivity (Wildman–Crippen MR) is 204 cm³/mol. The molecule has 13 heteroatoms. The molecule has 0 aliphatic rings. The zero-order chi connectivity index (χ0) is 35.9. The minimum Gasteiger partial charge on any atom is -0.438 e. The van der Waals surface area contributed by atoms with E-state index in [2.05, 4.69) is 56.9 Å². The van der Waals surface area contributed by atoms with Gasteiger partial charge in [0.25, 0.3) is 0 Å². The Labute approximate surface area is 295 Å². The fourth-order valence-corrected chi connectivity index (χ4v) is 6.60. The summed E-state index contributed by atoms with van der Waals surface area (Å²) in [7, 11) is -2.42. The van der Waals surface area contributed by atoms with Crippen LogP contribution in [0.25, 0.3) is 27.4 Å². The van der Waals surface area contributed by atoms with E-state index in [1.54, 1.807) is 42.4 Å². The Hall–Kier alpha value is -6.00. The molecule has 3 aromatic heterocycles. The van der Waals surface area contributed by atoms with Gasteiger partial charge in [0.1, 0.15) is 18.7 Å². The monoisotopic (exact) mass is 699 g/mol. The van der Waals surface area contributed by atoms with Gasteiger partial charge in [0, 0.05) is 57.1 Å². The molecule has 7 rings (SSSR count). The van der Waals surface area contributed by atoms with Crippen LogP contribution in [0.1, 0.15) is 32.0 Å². The Morgan fingerprint density at radius 2 is 1.69 bits per heavy atom. The van der Waals surface area contributed by atoms with Crippen LogP contribution in [-0.4, -0.2) is 49.3 Å². The number of aryl methyl sites for hydroxylation is 1. The molecule has 0 unspecified atom stereocenters. The van der Waals surface area contributed by atoms with Gasteiger partial charge in [-0.15, -0.1) is 0 Å². The lowest BCUT2D eigenvalue weighted by Gasteiger charge is -2.15. The van der Waals surface area contributed by atoms with Crippen LogP contribution in [0.15, 0.2) is 97.3 Å². The van der Waals surface area contributed by atoms with Gasteiger partial charge < -0.3 is 19.9 Å². The number of aromatic nitrogens is 6. The van der Waals surface area contributed by atoms with E-state index in [4.69, 9.17) is 9.84 Å². The minimum atomic E-state index is -2.42. The SMILES string of the molecule is Cc1cc(Nc2nccc(Oc3ccc(NC(=O)Nc4cc(C(C)(C)C)nn4-c4ccc(P(C)(C)=O)cc4)c4ccccc34)n2)cc2c[nH]nc12. The van der Waals surface area contributed by atoms with Crippen LogP contribution in [0.2, 0.25) is 0 Å². The Morgan fingerprint density at radius 1 is 0.922 bits per heavy atom. The normalized spacial score (nSPS) is 11.9. The first-order valence-corrected chi connectivity index (χ1v) is 19.0. The van der Waals surface area contributed by atoms with Crippen LogP contribution in [-0.2, 0) is 9.98 Å². The molecule has 0 aliphatic carbocycles. The Morgan fingerprint density at radius 3 is 2.43 bits per heavy atom. The molecule has 0 saturated heterocycles. The molecule has 0 bridgehead atoms. The molecule has 4 aromatic carbocycles. The highest BCUT2D eigenvalue weighted by atomic mass is 31.2. The van der Waals surface area contributed by atoms with Crippen molar-refractivity contribution < 1.29 is 14.1 Å². The van der Waals surface area contributed by atoms with E-state index in [1.807, 2.05) is 79.9 Å². The zero-order valence-electron chi connectivity index (χ0n) is 29.1. The van der Waals surface area contributed by atoms with E-state index in [1.165, 1.54) is 0 Å². The highest BCUT2D eigenvalue weighted by molar-refractivity contribution is 7.70. The number of nitrogens with one attached hydrogen (secondary N) is 4. The average molecular weight is 700 g/mol. The predicted octanol–water partition coefficient (Wildman–Crippen LogP) is 8.73. The summed E-state index contributed by atoms with van der Waals surface area (Å²) in [5.74, 6) is 1.80. The summed E-state index contributed by atoms with van der Waals surface area (Å²) in [6.07, 6.45) is 3.48. The third kappa shape index (κ3) is 7.18. The molecule has 7 aromatic rings. The Balaban J connectivity index is 1.11. The number of urea groups is 1. The van der Waals surface area contributed by atoms with Gasteiger partial charge in [-0.05, 0) is 74.3 Å². The quantitative estimate of drug-likeness (QED) is 0.115. The number of carbonyl (C=O) groups is 1. The lowest BCUT2D eigenvalue weighted by Crippen LogP contribution is -2.21. The number of aromatic amines is 1. The van der Waals surface area contributed by atoms with Crippen molar-refractivity contribution in [3.8, 4) is 17.3 Å². The van der Waals surface area contributed by atoms with Gasteiger partial charge in [0.2, 0.25) is 11.8 Å². The van der Waals surface area contributed by atoms with Gasteiger partial charge in [-0.25, -0.2) is 14.5 Å². The molecule has 0 atom stereocenters. The van der Waals surface area contributed by atoms with Crippen LogP contribution >= 0.6 is 7.14 Å². The maximum atomic E-state index is 13.5. The molecule has 258 valence electrons. The topological polar surface area (TPSA) is 152 Å². The fraction of sp³-hybridized carbons (Fsp3) is 0.184. The third-order valence-electron chi connectivity index (χ3n) is 8.39. The summed E-state index contributed by atoms with van der Waals surface area (Å²) < 4.78 is 20.6. The Bertz CT molecular complexity index is 2460. The number of ether oxygens (including phenoxy) is 1. The summed E-state index contributed by atoms with van der Waals surface area (Å²) in [5, 5.41) is 24.6. The first-order valence-electron chi connectivity index (χ1n) is 16.4. The van der Waals surface area contributed by atoms with Crippen molar-refractivity contribution in [3.63, 3.8) is 0 Å². The smallest absolute Gasteiger partial charge is 0.324 e. The molecule has 0 radical (unpaired) electrons. The fourth-order valence-electron chi connectivity index (χ4n) is 5.73. The van der Waals surface area contributed by atoms with Gasteiger partial charge in [-0.1, -0.05) is 45.0 Å². The van der Waals surface area contributed by atoms with Crippen LogP contribution in [0.4, 0.5) is 27.9 Å². The standard InChI is InChI=1S/C38H38N9O3P/c1-23-19-25(20-24-22-40-45-35(23)24)41-36-39-18-17-34(44-36)50-31-16-15-30(28-9-7-8-10-29(28)31)42-37(48)43-33-21-32(38(2,3)4)46-47(33)26-11-13-27(14-12-26)51(5,6)49/h7-22H,1-6H3,(H,40,45)(H,39,41,44)(H2,42,43,48). The van der Waals surface area contributed by atoms with Crippen LogP contribution in [0.3, 0.4) is 0 Å².